The van der Waals surface area contributed by atoms with Gasteiger partial charge in [0, 0.05) is 0 Å². The maximum atomic E-state index is 11.2. The lowest BCUT2D eigenvalue weighted by Crippen LogP contribution is -2.19. The molecular weight excluding hydrogens is 194 g/mol. The van der Waals surface area contributed by atoms with Gasteiger partial charge in [-0.3, -0.25) is 0 Å². The van der Waals surface area contributed by atoms with Crippen LogP contribution in [0, 0.1) is 0 Å². The van der Waals surface area contributed by atoms with E-state index in [2.05, 4.69) is 0 Å². The van der Waals surface area contributed by atoms with Crippen LogP contribution in [0.5, 0.6) is 5.75 Å². The molecule has 0 radical (unpaired) electrons. The third-order valence-corrected chi connectivity index (χ3v) is 1.63. The van der Waals surface area contributed by atoms with Gasteiger partial charge in [-0.2, -0.15) is 0 Å². The fraction of sp³-hybridized carbons (Fsp3) is 0.364. The lowest BCUT2D eigenvalue weighted by atomic mass is 10.3. The smallest absolute Gasteiger partial charge is 0.344 e. The van der Waals surface area contributed by atoms with Crippen molar-refractivity contribution in [2.24, 2.45) is 0 Å². The van der Waals surface area contributed by atoms with E-state index >= 15 is 0 Å². The maximum Gasteiger partial charge on any atom is 0.344 e. The first-order valence-electron chi connectivity index (χ1n) is 4.76. The highest BCUT2D eigenvalue weighted by atomic mass is 16.6. The van der Waals surface area contributed by atoms with Crippen LogP contribution in [0.4, 0.5) is 5.69 Å². The van der Waals surface area contributed by atoms with E-state index in [0.29, 0.717) is 11.4 Å². The van der Waals surface area contributed by atoms with Crippen LogP contribution in [0.3, 0.4) is 0 Å². The van der Waals surface area contributed by atoms with E-state index < -0.39 is 5.97 Å². The molecule has 0 saturated heterocycles. The van der Waals surface area contributed by atoms with Gasteiger partial charge in [0.25, 0.3) is 0 Å². The number of carbonyl (C=O) groups is 1. The predicted molar refractivity (Wildman–Crippen MR) is 57.6 cm³/mol. The van der Waals surface area contributed by atoms with Crippen molar-refractivity contribution >= 4 is 11.7 Å². The molecule has 15 heavy (non-hydrogen) atoms. The first kappa shape index (κ1) is 11.4. The molecule has 0 aliphatic carbocycles. The van der Waals surface area contributed by atoms with Gasteiger partial charge in [-0.25, -0.2) is 4.79 Å². The minimum atomic E-state index is -0.395. The largest absolute Gasteiger partial charge is 0.480 e. The van der Waals surface area contributed by atoms with E-state index in [-0.39, 0.29) is 12.7 Å². The molecule has 1 rings (SSSR count). The number of hydrogen-bond donors (Lipinski definition) is 1. The summed E-state index contributed by atoms with van der Waals surface area (Å²) >= 11 is 0. The molecule has 82 valence electrons. The van der Waals surface area contributed by atoms with Gasteiger partial charge >= 0.3 is 5.97 Å². The van der Waals surface area contributed by atoms with E-state index in [1.807, 2.05) is 0 Å². The second kappa shape index (κ2) is 5.24. The van der Waals surface area contributed by atoms with Gasteiger partial charge in [-0.05, 0) is 26.0 Å². The quantitative estimate of drug-likeness (QED) is 0.604. The number of nitrogens with two attached hydrogens (primary N) is 1. The first-order valence-corrected chi connectivity index (χ1v) is 4.76. The summed E-state index contributed by atoms with van der Waals surface area (Å²) in [4.78, 5) is 11.2. The van der Waals surface area contributed by atoms with E-state index in [9.17, 15) is 4.79 Å². The lowest BCUT2D eigenvalue weighted by molar-refractivity contribution is -0.149. The van der Waals surface area contributed by atoms with Crippen molar-refractivity contribution < 1.29 is 14.3 Å². The van der Waals surface area contributed by atoms with Crippen LogP contribution in [0.25, 0.3) is 0 Å². The molecular formula is C11H15NO3. The number of carbonyl (C=O) groups excluding carboxylic acids is 1. The average molecular weight is 209 g/mol. The Hall–Kier alpha value is -1.71. The second-order valence-corrected chi connectivity index (χ2v) is 3.37. The molecule has 0 aromatic heterocycles. The van der Waals surface area contributed by atoms with Gasteiger partial charge in [0.05, 0.1) is 11.8 Å². The fourth-order valence-electron chi connectivity index (χ4n) is 1.05. The highest BCUT2D eigenvalue weighted by Gasteiger charge is 2.07. The van der Waals surface area contributed by atoms with E-state index in [0.717, 1.165) is 0 Å². The molecule has 2 N–H and O–H groups in total. The topological polar surface area (TPSA) is 61.5 Å². The molecule has 1 aromatic rings. The summed E-state index contributed by atoms with van der Waals surface area (Å²) < 4.78 is 10.1. The molecule has 0 spiro atoms. The van der Waals surface area contributed by atoms with Crippen LogP contribution in [0.1, 0.15) is 13.8 Å². The summed E-state index contributed by atoms with van der Waals surface area (Å²) in [6.07, 6.45) is -0.130. The van der Waals surface area contributed by atoms with Crippen molar-refractivity contribution in [3.05, 3.63) is 24.3 Å². The molecule has 0 heterocycles. The van der Waals surface area contributed by atoms with Crippen LogP contribution in [-0.2, 0) is 9.53 Å². The van der Waals surface area contributed by atoms with Gasteiger partial charge in [0.1, 0.15) is 5.75 Å². The molecule has 0 amide bonds. The summed E-state index contributed by atoms with van der Waals surface area (Å²) in [5, 5.41) is 0. The zero-order valence-electron chi connectivity index (χ0n) is 8.90. The molecule has 0 fully saturated rings. The minimum Gasteiger partial charge on any atom is -0.480 e. The Morgan fingerprint density at radius 1 is 1.40 bits per heavy atom. The highest BCUT2D eigenvalue weighted by molar-refractivity contribution is 5.71. The first-order chi connectivity index (χ1) is 7.09. The number of nitrogen functional groups attached to an aromatic ring is 1. The van der Waals surface area contributed by atoms with Crippen molar-refractivity contribution in [2.45, 2.75) is 20.0 Å². The molecule has 0 aliphatic rings. The van der Waals surface area contributed by atoms with Crippen LogP contribution in [0.15, 0.2) is 24.3 Å². The Bertz CT molecular complexity index is 336. The maximum absolute atomic E-state index is 11.2. The van der Waals surface area contributed by atoms with Gasteiger partial charge in [-0.1, -0.05) is 12.1 Å². The molecule has 4 heteroatoms. The normalized spacial score (nSPS) is 10.1. The average Bonchev–Trinajstić information content (AvgIpc) is 2.15. The molecule has 1 aromatic carbocycles. The second-order valence-electron chi connectivity index (χ2n) is 3.37. The third kappa shape index (κ3) is 3.89. The Kier molecular flexibility index (Phi) is 3.97. The summed E-state index contributed by atoms with van der Waals surface area (Å²) in [7, 11) is 0. The van der Waals surface area contributed by atoms with E-state index in [1.54, 1.807) is 38.1 Å². The standard InChI is InChI=1S/C11H15NO3/c1-8(2)15-11(13)7-14-10-6-4-3-5-9(10)12/h3-6,8H,7,12H2,1-2H3. The lowest BCUT2D eigenvalue weighted by Gasteiger charge is -2.10. The minimum absolute atomic E-state index is 0.119. The van der Waals surface area contributed by atoms with Crippen LogP contribution < -0.4 is 10.5 Å². The van der Waals surface area contributed by atoms with Crippen molar-refractivity contribution in [3.8, 4) is 5.75 Å². The van der Waals surface area contributed by atoms with Gasteiger partial charge in [-0.15, -0.1) is 0 Å². The summed E-state index contributed by atoms with van der Waals surface area (Å²) in [6.45, 7) is 3.45. The third-order valence-electron chi connectivity index (χ3n) is 1.63. The monoisotopic (exact) mass is 209 g/mol. The van der Waals surface area contributed by atoms with Gasteiger partial charge in [0.2, 0.25) is 0 Å². The molecule has 0 aliphatic heterocycles. The SMILES string of the molecule is CC(C)OC(=O)COc1ccccc1N. The van der Waals surface area contributed by atoms with Crippen molar-refractivity contribution in [3.63, 3.8) is 0 Å². The fourth-order valence-corrected chi connectivity index (χ4v) is 1.05. The molecule has 0 unspecified atom stereocenters. The summed E-state index contributed by atoms with van der Waals surface area (Å²) in [5.41, 5.74) is 6.14. The highest BCUT2D eigenvalue weighted by Crippen LogP contribution is 2.19. The van der Waals surface area contributed by atoms with E-state index in [1.165, 1.54) is 0 Å². The molecule has 4 nitrogen and oxygen atoms in total. The van der Waals surface area contributed by atoms with Crippen molar-refractivity contribution in [1.29, 1.82) is 0 Å². The predicted octanol–water partition coefficient (Wildman–Crippen LogP) is 1.60. The number of anilines is 1. The number of hydrogen-bond acceptors (Lipinski definition) is 4. The number of rotatable bonds is 4. The summed E-state index contributed by atoms with van der Waals surface area (Å²) in [6, 6.07) is 7.01. The van der Waals surface area contributed by atoms with Crippen LogP contribution in [0.2, 0.25) is 0 Å². The molecule has 0 bridgehead atoms. The van der Waals surface area contributed by atoms with E-state index in [4.69, 9.17) is 15.2 Å². The van der Waals surface area contributed by atoms with Gasteiger partial charge < -0.3 is 15.2 Å². The van der Waals surface area contributed by atoms with Crippen molar-refractivity contribution in [2.75, 3.05) is 12.3 Å². The number of benzene rings is 1. The van der Waals surface area contributed by atoms with Gasteiger partial charge in [0.15, 0.2) is 6.61 Å². The van der Waals surface area contributed by atoms with Crippen LogP contribution in [-0.4, -0.2) is 18.7 Å². The number of ether oxygens (including phenoxy) is 2. The Balaban J connectivity index is 2.44. The molecule has 0 atom stereocenters. The number of esters is 1. The zero-order chi connectivity index (χ0) is 11.3. The zero-order valence-corrected chi connectivity index (χ0v) is 8.90. The summed E-state index contributed by atoms with van der Waals surface area (Å²) in [5.74, 6) is 0.103. The van der Waals surface area contributed by atoms with Crippen LogP contribution >= 0.6 is 0 Å². The van der Waals surface area contributed by atoms with Crippen molar-refractivity contribution in [1.82, 2.24) is 0 Å². The number of para-hydroxylation sites is 2. The Labute approximate surface area is 89.0 Å². The Morgan fingerprint density at radius 3 is 2.67 bits per heavy atom. The molecule has 0 saturated carbocycles. The Morgan fingerprint density at radius 2 is 2.07 bits per heavy atom.